The maximum absolute atomic E-state index is 11.7. The quantitative estimate of drug-likeness (QED) is 0.610. The van der Waals surface area contributed by atoms with E-state index in [1.54, 1.807) is 0 Å². The molecule has 1 aromatic rings. The van der Waals surface area contributed by atoms with Crippen LogP contribution in [0.5, 0.6) is 0 Å². The molecule has 1 aliphatic rings. The molecule has 0 aromatic heterocycles. The molecule has 74 valence electrons. The molecule has 1 nitrogen and oxygen atoms in total. The summed E-state index contributed by atoms with van der Waals surface area (Å²) in [4.78, 5) is 11.7. The van der Waals surface area contributed by atoms with Crippen LogP contribution in [-0.2, 0) is 5.41 Å². The second-order valence-electron chi connectivity index (χ2n) is 4.80. The van der Waals surface area contributed by atoms with Gasteiger partial charge in [0, 0.05) is 12.0 Å². The summed E-state index contributed by atoms with van der Waals surface area (Å²) >= 11 is 0. The van der Waals surface area contributed by atoms with E-state index in [0.717, 1.165) is 12.0 Å². The van der Waals surface area contributed by atoms with Gasteiger partial charge in [0.25, 0.3) is 0 Å². The second kappa shape index (κ2) is 2.94. The number of fused-ring (bicyclic) bond motifs is 1. The lowest BCUT2D eigenvalue weighted by Gasteiger charge is -2.33. The maximum Gasteiger partial charge on any atom is 0.163 e. The molecule has 14 heavy (non-hydrogen) atoms. The molecule has 0 radical (unpaired) electrons. The summed E-state index contributed by atoms with van der Waals surface area (Å²) in [5.41, 5.74) is 3.62. The van der Waals surface area contributed by atoms with Crippen LogP contribution in [0.15, 0.2) is 18.2 Å². The van der Waals surface area contributed by atoms with Gasteiger partial charge in [-0.2, -0.15) is 0 Å². The molecule has 0 spiro atoms. The van der Waals surface area contributed by atoms with E-state index in [9.17, 15) is 4.79 Å². The van der Waals surface area contributed by atoms with Crippen LogP contribution in [-0.4, -0.2) is 5.78 Å². The molecule has 0 fully saturated rings. The Labute approximate surface area is 85.1 Å². The van der Waals surface area contributed by atoms with Crippen molar-refractivity contribution in [3.63, 3.8) is 0 Å². The lowest BCUT2D eigenvalue weighted by atomic mass is 9.70. The van der Waals surface area contributed by atoms with Gasteiger partial charge in [-0.25, -0.2) is 0 Å². The molecule has 0 N–H and O–H groups in total. The molecule has 0 aliphatic heterocycles. The van der Waals surface area contributed by atoms with E-state index in [0.29, 0.717) is 12.2 Å². The summed E-state index contributed by atoms with van der Waals surface area (Å²) in [6.07, 6.45) is 1.67. The molecule has 0 atom stereocenters. The molecule has 1 heteroatoms. The minimum absolute atomic E-state index is 0.161. The van der Waals surface area contributed by atoms with Crippen LogP contribution in [0.25, 0.3) is 0 Å². The van der Waals surface area contributed by atoms with E-state index >= 15 is 0 Å². The van der Waals surface area contributed by atoms with Crippen molar-refractivity contribution in [1.82, 2.24) is 0 Å². The number of aryl methyl sites for hydroxylation is 1. The molecule has 1 aromatic carbocycles. The first-order chi connectivity index (χ1) is 6.52. The van der Waals surface area contributed by atoms with Gasteiger partial charge in [0.15, 0.2) is 5.78 Å². The first-order valence-corrected chi connectivity index (χ1v) is 5.16. The van der Waals surface area contributed by atoms with Crippen molar-refractivity contribution in [2.45, 2.75) is 39.0 Å². The largest absolute Gasteiger partial charge is 0.294 e. The van der Waals surface area contributed by atoms with Gasteiger partial charge in [-0.15, -0.1) is 0 Å². The van der Waals surface area contributed by atoms with Crippen molar-refractivity contribution in [3.05, 3.63) is 34.9 Å². The fourth-order valence-corrected chi connectivity index (χ4v) is 2.48. The Morgan fingerprint density at radius 1 is 1.29 bits per heavy atom. The third-order valence-corrected chi connectivity index (χ3v) is 3.23. The number of ketones is 1. The lowest BCUT2D eigenvalue weighted by molar-refractivity contribution is 0.0956. The highest BCUT2D eigenvalue weighted by Gasteiger charge is 2.32. The lowest BCUT2D eigenvalue weighted by Crippen LogP contribution is -2.28. The zero-order valence-electron chi connectivity index (χ0n) is 9.05. The predicted molar refractivity (Wildman–Crippen MR) is 57.8 cm³/mol. The van der Waals surface area contributed by atoms with E-state index in [4.69, 9.17) is 0 Å². The molecule has 0 unspecified atom stereocenters. The van der Waals surface area contributed by atoms with Gasteiger partial charge >= 0.3 is 0 Å². The Bertz CT molecular complexity index is 388. The molecule has 2 rings (SSSR count). The summed E-state index contributed by atoms with van der Waals surface area (Å²) in [6, 6.07) is 6.04. The van der Waals surface area contributed by atoms with Crippen molar-refractivity contribution >= 4 is 5.78 Å². The van der Waals surface area contributed by atoms with Crippen molar-refractivity contribution in [2.75, 3.05) is 0 Å². The van der Waals surface area contributed by atoms with Crippen LogP contribution < -0.4 is 0 Å². The van der Waals surface area contributed by atoms with Gasteiger partial charge in [-0.3, -0.25) is 4.79 Å². The van der Waals surface area contributed by atoms with Crippen LogP contribution in [0.4, 0.5) is 0 Å². The number of carbonyl (C=O) groups excluding carboxylic acids is 1. The molecule has 0 heterocycles. The normalized spacial score (nSPS) is 19.2. The number of rotatable bonds is 0. The Morgan fingerprint density at radius 3 is 2.64 bits per heavy atom. The molecular weight excluding hydrogens is 172 g/mol. The molecule has 0 saturated heterocycles. The number of benzene rings is 1. The van der Waals surface area contributed by atoms with Gasteiger partial charge in [0.05, 0.1) is 0 Å². The zero-order valence-corrected chi connectivity index (χ0v) is 9.05. The smallest absolute Gasteiger partial charge is 0.163 e. The molecule has 0 saturated carbocycles. The number of hydrogen-bond donors (Lipinski definition) is 0. The van der Waals surface area contributed by atoms with E-state index in [1.165, 1.54) is 11.1 Å². The van der Waals surface area contributed by atoms with Crippen molar-refractivity contribution in [2.24, 2.45) is 0 Å². The SMILES string of the molecule is Cc1cccc2c1C(C)(C)CCC2=O. The van der Waals surface area contributed by atoms with E-state index in [2.05, 4.69) is 26.8 Å². The van der Waals surface area contributed by atoms with E-state index in [-0.39, 0.29) is 5.41 Å². The molecule has 0 bridgehead atoms. The van der Waals surface area contributed by atoms with Crippen LogP contribution in [0, 0.1) is 6.92 Å². The van der Waals surface area contributed by atoms with Crippen molar-refractivity contribution < 1.29 is 4.79 Å². The maximum atomic E-state index is 11.7. The van der Waals surface area contributed by atoms with Crippen molar-refractivity contribution in [3.8, 4) is 0 Å². The van der Waals surface area contributed by atoms with E-state index < -0.39 is 0 Å². The topological polar surface area (TPSA) is 17.1 Å². The highest BCUT2D eigenvalue weighted by molar-refractivity contribution is 5.99. The standard InChI is InChI=1S/C13H16O/c1-9-5-4-6-10-11(14)7-8-13(2,3)12(9)10/h4-6H,7-8H2,1-3H3. The average Bonchev–Trinajstić information content (AvgIpc) is 2.12. The van der Waals surface area contributed by atoms with Gasteiger partial charge in [0.1, 0.15) is 0 Å². The molecule has 0 amide bonds. The van der Waals surface area contributed by atoms with Crippen LogP contribution >= 0.6 is 0 Å². The molecule has 1 aliphatic carbocycles. The first-order valence-electron chi connectivity index (χ1n) is 5.16. The van der Waals surface area contributed by atoms with Crippen LogP contribution in [0.3, 0.4) is 0 Å². The van der Waals surface area contributed by atoms with Gasteiger partial charge in [0.2, 0.25) is 0 Å². The third kappa shape index (κ3) is 1.28. The zero-order chi connectivity index (χ0) is 10.3. The van der Waals surface area contributed by atoms with Gasteiger partial charge in [-0.05, 0) is 29.9 Å². The second-order valence-corrected chi connectivity index (χ2v) is 4.80. The van der Waals surface area contributed by atoms with Crippen molar-refractivity contribution in [1.29, 1.82) is 0 Å². The summed E-state index contributed by atoms with van der Waals surface area (Å²) in [5, 5.41) is 0. The van der Waals surface area contributed by atoms with E-state index in [1.807, 2.05) is 12.1 Å². The Hall–Kier alpha value is -1.11. The fourth-order valence-electron chi connectivity index (χ4n) is 2.48. The summed E-state index contributed by atoms with van der Waals surface area (Å²) in [5.74, 6) is 0.308. The Morgan fingerprint density at radius 2 is 2.00 bits per heavy atom. The minimum atomic E-state index is 0.161. The van der Waals surface area contributed by atoms with Gasteiger partial charge in [-0.1, -0.05) is 32.0 Å². The highest BCUT2D eigenvalue weighted by atomic mass is 16.1. The monoisotopic (exact) mass is 188 g/mol. The minimum Gasteiger partial charge on any atom is -0.294 e. The predicted octanol–water partition coefficient (Wildman–Crippen LogP) is 3.25. The summed E-state index contributed by atoms with van der Waals surface area (Å²) < 4.78 is 0. The molecular formula is C13H16O. The summed E-state index contributed by atoms with van der Waals surface area (Å²) in [6.45, 7) is 6.55. The van der Waals surface area contributed by atoms with Crippen LogP contribution in [0.1, 0.15) is 48.2 Å². The first kappa shape index (κ1) is 9.45. The third-order valence-electron chi connectivity index (χ3n) is 3.23. The Balaban J connectivity index is 2.70. The van der Waals surface area contributed by atoms with Gasteiger partial charge < -0.3 is 0 Å². The Kier molecular flexibility index (Phi) is 1.99. The van der Waals surface area contributed by atoms with Crippen LogP contribution in [0.2, 0.25) is 0 Å². The number of Topliss-reactive ketones (excluding diaryl/α,β-unsaturated/α-hetero) is 1. The summed E-state index contributed by atoms with van der Waals surface area (Å²) in [7, 11) is 0. The number of hydrogen-bond acceptors (Lipinski definition) is 1. The highest BCUT2D eigenvalue weighted by Crippen LogP contribution is 2.38. The fraction of sp³-hybridized carbons (Fsp3) is 0.462. The number of carbonyl (C=O) groups is 1. The average molecular weight is 188 g/mol.